The predicted molar refractivity (Wildman–Crippen MR) is 152 cm³/mol. The van der Waals surface area contributed by atoms with Gasteiger partial charge in [-0.25, -0.2) is 14.4 Å². The van der Waals surface area contributed by atoms with Crippen LogP contribution in [-0.2, 0) is 42.8 Å². The van der Waals surface area contributed by atoms with Crippen molar-refractivity contribution in [2.45, 2.75) is 26.7 Å². The third kappa shape index (κ3) is 18.6. The van der Waals surface area contributed by atoms with E-state index in [2.05, 4.69) is 39.5 Å². The van der Waals surface area contributed by atoms with E-state index in [4.69, 9.17) is 28.4 Å². The minimum Gasteiger partial charge on any atom is -0.462 e. The first-order valence-corrected chi connectivity index (χ1v) is 12.6. The first-order valence-electron chi connectivity index (χ1n) is 12.6. The Morgan fingerprint density at radius 1 is 0.513 bits per heavy atom. The van der Waals surface area contributed by atoms with Crippen molar-refractivity contribution in [3.8, 4) is 0 Å². The molecule has 220 valence electrons. The Labute approximate surface area is 233 Å². The van der Waals surface area contributed by atoms with E-state index in [0.29, 0.717) is 39.5 Å². The van der Waals surface area contributed by atoms with Crippen LogP contribution in [0.2, 0.25) is 0 Å². The molecule has 9 heteroatoms. The molecule has 0 aliphatic carbocycles. The molecule has 39 heavy (non-hydrogen) atoms. The Bertz CT molecular complexity index is 747. The third-order valence-corrected chi connectivity index (χ3v) is 5.49. The van der Waals surface area contributed by atoms with Crippen molar-refractivity contribution in [1.82, 2.24) is 0 Å². The van der Waals surface area contributed by atoms with E-state index in [1.54, 1.807) is 18.2 Å². The fourth-order valence-corrected chi connectivity index (χ4v) is 2.79. The summed E-state index contributed by atoms with van der Waals surface area (Å²) in [7, 11) is 0. The highest BCUT2D eigenvalue weighted by Gasteiger charge is 2.32. The topological polar surface area (TPSA) is 107 Å². The lowest BCUT2D eigenvalue weighted by Crippen LogP contribution is -2.38. The van der Waals surface area contributed by atoms with Crippen LogP contribution < -0.4 is 0 Å². The van der Waals surface area contributed by atoms with Gasteiger partial charge in [-0.15, -0.1) is 19.7 Å². The highest BCUT2D eigenvalue weighted by Crippen LogP contribution is 2.25. The Kier molecular flexibility index (Phi) is 23.1. The Hall–Kier alpha value is -3.27. The molecule has 0 bridgehead atoms. The molecule has 0 rings (SSSR count). The SMILES string of the molecule is C=CCOCC(CC)(COC(=O)C=C)COC(=O)C=C.C=CCOCC(CC)(COCC=C)COC(=O)C=C. The fourth-order valence-electron chi connectivity index (χ4n) is 2.79. The second-order valence-corrected chi connectivity index (χ2v) is 8.55. The van der Waals surface area contributed by atoms with E-state index in [0.717, 1.165) is 24.6 Å². The molecule has 0 saturated heterocycles. The molecule has 0 aromatic heterocycles. The summed E-state index contributed by atoms with van der Waals surface area (Å²) in [4.78, 5) is 33.5. The summed E-state index contributed by atoms with van der Waals surface area (Å²) in [6, 6.07) is 0. The first kappa shape index (κ1) is 37.9. The number of hydrogen-bond acceptors (Lipinski definition) is 9. The van der Waals surface area contributed by atoms with Crippen LogP contribution in [0.3, 0.4) is 0 Å². The average Bonchev–Trinajstić information content (AvgIpc) is 2.96. The van der Waals surface area contributed by atoms with Gasteiger partial charge in [0.1, 0.15) is 19.8 Å². The molecule has 0 atom stereocenters. The summed E-state index contributed by atoms with van der Waals surface area (Å²) in [5.41, 5.74) is -0.953. The van der Waals surface area contributed by atoms with E-state index in [-0.39, 0.29) is 31.8 Å². The quantitative estimate of drug-likeness (QED) is 0.0595. The average molecular weight is 551 g/mol. The maximum Gasteiger partial charge on any atom is 0.330 e. The standard InChI is InChI=1S/C15H22O5.C15H24O4/c1-5-9-18-10-15(8-4,11-19-13(16)6-2)12-20-14(17)7-3;1-5-9-17-11-15(8-4,12-18-10-6-2)13-19-14(16)7-3/h5-7H,1-3,8-12H2,4H3;5-7H,1-3,8-13H2,4H3. The molecule has 0 aliphatic heterocycles. The Morgan fingerprint density at radius 2 is 0.769 bits per heavy atom. The highest BCUT2D eigenvalue weighted by atomic mass is 16.6. The van der Waals surface area contributed by atoms with Gasteiger partial charge in [-0.3, -0.25) is 0 Å². The molecular weight excluding hydrogens is 504 g/mol. The van der Waals surface area contributed by atoms with Crippen LogP contribution >= 0.6 is 0 Å². The lowest BCUT2D eigenvalue weighted by molar-refractivity contribution is -0.151. The first-order chi connectivity index (χ1) is 18.7. The van der Waals surface area contributed by atoms with Crippen molar-refractivity contribution in [1.29, 1.82) is 0 Å². The largest absolute Gasteiger partial charge is 0.462 e. The molecule has 0 unspecified atom stereocenters. The minimum absolute atomic E-state index is 0.0793. The second kappa shape index (κ2) is 23.8. The lowest BCUT2D eigenvalue weighted by atomic mass is 9.88. The van der Waals surface area contributed by atoms with Crippen molar-refractivity contribution in [2.24, 2.45) is 10.8 Å². The molecule has 0 spiro atoms. The van der Waals surface area contributed by atoms with Gasteiger partial charge >= 0.3 is 17.9 Å². The van der Waals surface area contributed by atoms with Gasteiger partial charge in [0, 0.05) is 18.2 Å². The molecule has 0 fully saturated rings. The van der Waals surface area contributed by atoms with Crippen molar-refractivity contribution in [3.05, 3.63) is 75.9 Å². The normalized spacial score (nSPS) is 10.6. The highest BCUT2D eigenvalue weighted by molar-refractivity contribution is 5.82. The number of hydrogen-bond donors (Lipinski definition) is 0. The molecule has 0 amide bonds. The summed E-state index contributed by atoms with van der Waals surface area (Å²) < 4.78 is 31.7. The van der Waals surface area contributed by atoms with Gasteiger partial charge in [-0.05, 0) is 12.8 Å². The fraction of sp³-hybridized carbons (Fsp3) is 0.500. The van der Waals surface area contributed by atoms with Crippen molar-refractivity contribution < 1.29 is 42.8 Å². The van der Waals surface area contributed by atoms with Gasteiger partial charge in [0.25, 0.3) is 0 Å². The van der Waals surface area contributed by atoms with Crippen molar-refractivity contribution in [3.63, 3.8) is 0 Å². The third-order valence-electron chi connectivity index (χ3n) is 5.49. The maximum absolute atomic E-state index is 11.2. The van der Waals surface area contributed by atoms with Crippen molar-refractivity contribution >= 4 is 17.9 Å². The monoisotopic (exact) mass is 550 g/mol. The zero-order valence-corrected chi connectivity index (χ0v) is 23.7. The summed E-state index contributed by atoms with van der Waals surface area (Å²) in [6.45, 7) is 27.6. The summed E-state index contributed by atoms with van der Waals surface area (Å²) in [5.74, 6) is -1.49. The van der Waals surface area contributed by atoms with Gasteiger partial charge in [-0.1, -0.05) is 51.8 Å². The van der Waals surface area contributed by atoms with Crippen LogP contribution in [0.5, 0.6) is 0 Å². The minimum atomic E-state index is -0.597. The zero-order valence-electron chi connectivity index (χ0n) is 23.7. The number of carbonyl (C=O) groups is 3. The second-order valence-electron chi connectivity index (χ2n) is 8.55. The van der Waals surface area contributed by atoms with E-state index >= 15 is 0 Å². The number of rotatable bonds is 23. The van der Waals surface area contributed by atoms with Gasteiger partial charge in [0.05, 0.1) is 50.5 Å². The molecule has 0 radical (unpaired) electrons. The van der Waals surface area contributed by atoms with E-state index in [1.165, 1.54) is 0 Å². The Balaban J connectivity index is 0. The van der Waals surface area contributed by atoms with Crippen LogP contribution in [0.15, 0.2) is 75.9 Å². The van der Waals surface area contributed by atoms with Crippen LogP contribution in [0.25, 0.3) is 0 Å². The number of esters is 3. The van der Waals surface area contributed by atoms with Crippen LogP contribution in [0, 0.1) is 10.8 Å². The number of carbonyl (C=O) groups excluding carboxylic acids is 3. The molecular formula is C30H46O9. The van der Waals surface area contributed by atoms with Crippen LogP contribution in [0.1, 0.15) is 26.7 Å². The zero-order chi connectivity index (χ0) is 30.0. The Morgan fingerprint density at radius 3 is 0.974 bits per heavy atom. The molecule has 0 saturated carbocycles. The molecule has 0 aromatic rings. The molecule has 0 N–H and O–H groups in total. The lowest BCUT2D eigenvalue weighted by Gasteiger charge is -2.31. The summed E-state index contributed by atoms with van der Waals surface area (Å²) in [5, 5.41) is 0. The molecule has 9 nitrogen and oxygen atoms in total. The van der Waals surface area contributed by atoms with Crippen LogP contribution in [0.4, 0.5) is 0 Å². The van der Waals surface area contributed by atoms with Crippen LogP contribution in [-0.4, -0.2) is 77.4 Å². The number of ether oxygens (including phenoxy) is 6. The van der Waals surface area contributed by atoms with Gasteiger partial charge in [0.2, 0.25) is 0 Å². The smallest absolute Gasteiger partial charge is 0.330 e. The van der Waals surface area contributed by atoms with E-state index < -0.39 is 23.3 Å². The molecule has 0 aromatic carbocycles. The summed E-state index contributed by atoms with van der Waals surface area (Å²) in [6.07, 6.45) is 9.68. The molecule has 0 aliphatic rings. The predicted octanol–water partition coefficient (Wildman–Crippen LogP) is 4.56. The van der Waals surface area contributed by atoms with E-state index in [1.807, 2.05) is 13.8 Å². The molecule has 0 heterocycles. The van der Waals surface area contributed by atoms with Gasteiger partial charge in [-0.2, -0.15) is 0 Å². The van der Waals surface area contributed by atoms with E-state index in [9.17, 15) is 14.4 Å². The van der Waals surface area contributed by atoms with Gasteiger partial charge in [0.15, 0.2) is 0 Å². The summed E-state index contributed by atoms with van der Waals surface area (Å²) >= 11 is 0. The van der Waals surface area contributed by atoms with Gasteiger partial charge < -0.3 is 28.4 Å². The maximum atomic E-state index is 11.2. The van der Waals surface area contributed by atoms with Crippen molar-refractivity contribution in [2.75, 3.05) is 59.5 Å².